The zero-order valence-electron chi connectivity index (χ0n) is 22.3. The second-order valence-corrected chi connectivity index (χ2v) is 12.0. The number of halogens is 3. The third-order valence-electron chi connectivity index (χ3n) is 6.74. The number of alkyl halides is 3. The zero-order chi connectivity index (χ0) is 26.9. The Hall–Kier alpha value is -2.29. The van der Waals surface area contributed by atoms with Gasteiger partial charge in [0.2, 0.25) is 0 Å². The highest BCUT2D eigenvalue weighted by atomic mass is 19.4. The monoisotopic (exact) mass is 512 g/mol. The first-order chi connectivity index (χ1) is 16.5. The normalized spacial score (nSPS) is 19.0. The smallest absolute Gasteiger partial charge is 0.416 e. The molecule has 0 N–H and O–H groups in total. The van der Waals surface area contributed by atoms with Crippen LogP contribution in [0.25, 0.3) is 0 Å². The summed E-state index contributed by atoms with van der Waals surface area (Å²) in [7, 11) is 0. The van der Waals surface area contributed by atoms with Gasteiger partial charge in [0.1, 0.15) is 11.2 Å². The molecule has 1 aromatic carbocycles. The van der Waals surface area contributed by atoms with E-state index in [-0.39, 0.29) is 18.1 Å². The summed E-state index contributed by atoms with van der Waals surface area (Å²) in [6.45, 7) is 13.1. The predicted molar refractivity (Wildman–Crippen MR) is 130 cm³/mol. The summed E-state index contributed by atoms with van der Waals surface area (Å²) >= 11 is 0. The van der Waals surface area contributed by atoms with Gasteiger partial charge in [-0.1, -0.05) is 6.07 Å². The molecule has 3 rings (SSSR count). The van der Waals surface area contributed by atoms with Crippen LogP contribution < -0.4 is 0 Å². The Morgan fingerprint density at radius 1 is 0.889 bits per heavy atom. The van der Waals surface area contributed by atoms with E-state index < -0.39 is 28.9 Å². The van der Waals surface area contributed by atoms with E-state index in [0.717, 1.165) is 44.4 Å². The topological polar surface area (TPSA) is 59.1 Å². The maximum absolute atomic E-state index is 13.4. The lowest BCUT2D eigenvalue weighted by molar-refractivity contribution is -0.154. The summed E-state index contributed by atoms with van der Waals surface area (Å²) in [5, 5.41) is 0. The zero-order valence-corrected chi connectivity index (χ0v) is 22.3. The lowest BCUT2D eigenvalue weighted by Crippen LogP contribution is -2.53. The Bertz CT molecular complexity index is 955. The molecule has 9 heteroatoms. The SMILES string of the molecule is CC(C)(C)OC(=O)Cc1cc(C(F)(F)F)ccc1CN1CCCC12CCN(C(=O)OC(C)(C)C)CC2. The number of piperidine rings is 1. The van der Waals surface area contributed by atoms with Crippen LogP contribution in [0.4, 0.5) is 18.0 Å². The Kier molecular flexibility index (Phi) is 8.04. The number of benzene rings is 1. The minimum Gasteiger partial charge on any atom is -0.460 e. The maximum atomic E-state index is 13.4. The minimum atomic E-state index is -4.50. The van der Waals surface area contributed by atoms with Gasteiger partial charge in [0.15, 0.2) is 0 Å². The number of rotatable bonds is 4. The predicted octanol–water partition coefficient (Wildman–Crippen LogP) is 5.96. The number of nitrogens with zero attached hydrogens (tertiary/aromatic N) is 2. The van der Waals surface area contributed by atoms with Crippen LogP contribution in [0.2, 0.25) is 0 Å². The lowest BCUT2D eigenvalue weighted by Gasteiger charge is -2.45. The van der Waals surface area contributed by atoms with Gasteiger partial charge in [-0.25, -0.2) is 4.79 Å². The van der Waals surface area contributed by atoms with E-state index in [1.807, 2.05) is 20.8 Å². The van der Waals surface area contributed by atoms with Gasteiger partial charge in [-0.3, -0.25) is 9.69 Å². The first-order valence-corrected chi connectivity index (χ1v) is 12.6. The fourth-order valence-corrected chi connectivity index (χ4v) is 5.10. The average molecular weight is 513 g/mol. The first-order valence-electron chi connectivity index (χ1n) is 12.6. The first kappa shape index (κ1) is 28.3. The van der Waals surface area contributed by atoms with Crippen LogP contribution in [-0.4, -0.2) is 58.2 Å². The van der Waals surface area contributed by atoms with Crippen molar-refractivity contribution in [2.24, 2.45) is 0 Å². The van der Waals surface area contributed by atoms with E-state index in [9.17, 15) is 22.8 Å². The third kappa shape index (κ3) is 7.37. The average Bonchev–Trinajstić information content (AvgIpc) is 3.07. The highest BCUT2D eigenvalue weighted by Crippen LogP contribution is 2.40. The van der Waals surface area contributed by atoms with Gasteiger partial charge in [0.05, 0.1) is 12.0 Å². The van der Waals surface area contributed by atoms with E-state index >= 15 is 0 Å². The lowest BCUT2D eigenvalue weighted by atomic mass is 9.84. The molecular formula is C27H39F3N2O4. The van der Waals surface area contributed by atoms with Crippen molar-refractivity contribution in [2.75, 3.05) is 19.6 Å². The minimum absolute atomic E-state index is 0.121. The summed E-state index contributed by atoms with van der Waals surface area (Å²) in [6.07, 6.45) is -1.54. The molecular weight excluding hydrogens is 473 g/mol. The standard InChI is InChI=1S/C27H39F3N2O4/c1-24(2,3)35-22(33)17-20-16-21(27(28,29)30)9-8-19(20)18-32-13-7-10-26(32)11-14-31(15-12-26)23(34)36-25(4,5)6/h8-9,16H,7,10-15,17-18H2,1-6H3. The molecule has 0 unspecified atom stereocenters. The highest BCUT2D eigenvalue weighted by Gasteiger charge is 2.44. The summed E-state index contributed by atoms with van der Waals surface area (Å²) in [5.41, 5.74) is -1.13. The van der Waals surface area contributed by atoms with Crippen molar-refractivity contribution in [3.63, 3.8) is 0 Å². The molecule has 6 nitrogen and oxygen atoms in total. The second kappa shape index (κ2) is 10.2. The van der Waals surface area contributed by atoms with E-state index in [1.54, 1.807) is 25.7 Å². The molecule has 0 bridgehead atoms. The van der Waals surface area contributed by atoms with Gasteiger partial charge in [-0.05, 0) is 97.0 Å². The maximum Gasteiger partial charge on any atom is 0.416 e. The quantitative estimate of drug-likeness (QED) is 0.466. The van der Waals surface area contributed by atoms with Gasteiger partial charge in [-0.15, -0.1) is 0 Å². The summed E-state index contributed by atoms with van der Waals surface area (Å²) < 4.78 is 51.2. The van der Waals surface area contributed by atoms with Gasteiger partial charge in [-0.2, -0.15) is 13.2 Å². The van der Waals surface area contributed by atoms with E-state index in [2.05, 4.69) is 4.90 Å². The van der Waals surface area contributed by atoms with Crippen LogP contribution in [0.15, 0.2) is 18.2 Å². The number of hydrogen-bond donors (Lipinski definition) is 0. The van der Waals surface area contributed by atoms with Crippen molar-refractivity contribution >= 4 is 12.1 Å². The molecule has 1 amide bonds. The summed E-state index contributed by atoms with van der Waals surface area (Å²) in [6, 6.07) is 3.65. The molecule has 2 heterocycles. The molecule has 1 spiro atoms. The fraction of sp³-hybridized carbons (Fsp3) is 0.704. The number of ether oxygens (including phenoxy) is 2. The van der Waals surface area contributed by atoms with E-state index in [1.165, 1.54) is 6.07 Å². The van der Waals surface area contributed by atoms with Crippen LogP contribution in [-0.2, 0) is 33.4 Å². The Morgan fingerprint density at radius 3 is 2.06 bits per heavy atom. The molecule has 36 heavy (non-hydrogen) atoms. The molecule has 0 aliphatic carbocycles. The number of likely N-dealkylation sites (tertiary alicyclic amines) is 2. The van der Waals surface area contributed by atoms with E-state index in [0.29, 0.717) is 30.8 Å². The van der Waals surface area contributed by atoms with Crippen molar-refractivity contribution in [1.29, 1.82) is 0 Å². The number of carbonyl (C=O) groups excluding carboxylic acids is 2. The number of hydrogen-bond acceptors (Lipinski definition) is 5. The largest absolute Gasteiger partial charge is 0.460 e. The van der Waals surface area contributed by atoms with Crippen LogP contribution in [0.1, 0.15) is 83.9 Å². The van der Waals surface area contributed by atoms with Crippen molar-refractivity contribution < 1.29 is 32.2 Å². The van der Waals surface area contributed by atoms with Crippen LogP contribution >= 0.6 is 0 Å². The molecule has 0 saturated carbocycles. The molecule has 0 aromatic heterocycles. The van der Waals surface area contributed by atoms with E-state index in [4.69, 9.17) is 9.47 Å². The van der Waals surface area contributed by atoms with Gasteiger partial charge < -0.3 is 14.4 Å². The van der Waals surface area contributed by atoms with Crippen molar-refractivity contribution in [1.82, 2.24) is 9.80 Å². The molecule has 0 atom stereocenters. The molecule has 0 radical (unpaired) electrons. The van der Waals surface area contributed by atoms with Crippen LogP contribution in [0, 0.1) is 0 Å². The molecule has 2 aliphatic heterocycles. The highest BCUT2D eigenvalue weighted by molar-refractivity contribution is 5.73. The fourth-order valence-electron chi connectivity index (χ4n) is 5.10. The third-order valence-corrected chi connectivity index (χ3v) is 6.74. The molecule has 1 aromatic rings. The Balaban J connectivity index is 1.77. The summed E-state index contributed by atoms with van der Waals surface area (Å²) in [4.78, 5) is 29.1. The number of carbonyl (C=O) groups is 2. The van der Waals surface area contributed by atoms with Crippen LogP contribution in [0.3, 0.4) is 0 Å². The van der Waals surface area contributed by atoms with Crippen molar-refractivity contribution in [2.45, 2.75) is 103 Å². The molecule has 2 fully saturated rings. The molecule has 202 valence electrons. The van der Waals surface area contributed by atoms with Crippen molar-refractivity contribution in [3.05, 3.63) is 34.9 Å². The number of esters is 1. The molecule has 2 aliphatic rings. The Morgan fingerprint density at radius 2 is 1.50 bits per heavy atom. The molecule has 2 saturated heterocycles. The summed E-state index contributed by atoms with van der Waals surface area (Å²) in [5.74, 6) is -0.551. The Labute approximate surface area is 212 Å². The van der Waals surface area contributed by atoms with Gasteiger partial charge in [0, 0.05) is 25.2 Å². The van der Waals surface area contributed by atoms with Gasteiger partial charge in [0.25, 0.3) is 0 Å². The second-order valence-electron chi connectivity index (χ2n) is 12.0. The van der Waals surface area contributed by atoms with Gasteiger partial charge >= 0.3 is 18.2 Å². The van der Waals surface area contributed by atoms with Crippen LogP contribution in [0.5, 0.6) is 0 Å². The van der Waals surface area contributed by atoms with Crippen molar-refractivity contribution in [3.8, 4) is 0 Å². The number of amides is 1.